The monoisotopic (exact) mass is 479 g/mol. The van der Waals surface area contributed by atoms with Crippen LogP contribution in [0.15, 0.2) is 29.3 Å². The van der Waals surface area contributed by atoms with Crippen LogP contribution < -0.4 is 15.8 Å². The number of aromatic amines is 1. The van der Waals surface area contributed by atoms with E-state index in [0.717, 1.165) is 6.20 Å². The second-order valence-electron chi connectivity index (χ2n) is 7.71. The molecule has 10 nitrogen and oxygen atoms in total. The lowest BCUT2D eigenvalue weighted by Gasteiger charge is -2.35. The number of H-pyrrole nitrogens is 1. The molecule has 34 heavy (non-hydrogen) atoms. The summed E-state index contributed by atoms with van der Waals surface area (Å²) in [7, 11) is 0. The van der Waals surface area contributed by atoms with Gasteiger partial charge in [0.1, 0.15) is 17.5 Å². The van der Waals surface area contributed by atoms with Gasteiger partial charge in [-0.05, 0) is 19.1 Å². The molecule has 0 saturated carbocycles. The van der Waals surface area contributed by atoms with Crippen molar-refractivity contribution in [2.75, 3.05) is 49.6 Å². The lowest BCUT2D eigenvalue weighted by atomic mass is 10.2. The number of halogens is 3. The molecule has 2 aromatic rings. The number of nitrogens with one attached hydrogen (secondary N) is 2. The largest absolute Gasteiger partial charge is 0.423 e. The topological polar surface area (TPSA) is 127 Å². The molecule has 0 bridgehead atoms. The van der Waals surface area contributed by atoms with E-state index < -0.39 is 29.0 Å². The number of nitrogens with zero attached hydrogens (tertiary/aromatic N) is 5. The fraction of sp³-hybridized carbons (Fsp3) is 0.476. The van der Waals surface area contributed by atoms with Crippen LogP contribution in [-0.2, 0) is 15.7 Å². The van der Waals surface area contributed by atoms with Crippen molar-refractivity contribution < 1.29 is 22.7 Å². The van der Waals surface area contributed by atoms with Crippen LogP contribution in [0.4, 0.5) is 24.7 Å². The molecular weight excluding hydrogens is 455 g/mol. The summed E-state index contributed by atoms with van der Waals surface area (Å²) in [6.07, 6.45) is -2.19. The highest BCUT2D eigenvalue weighted by molar-refractivity contribution is 5.76. The molecule has 3 rings (SSSR count). The number of ether oxygens (including phenoxy) is 1. The van der Waals surface area contributed by atoms with Gasteiger partial charge >= 0.3 is 6.18 Å². The summed E-state index contributed by atoms with van der Waals surface area (Å²) in [6.45, 7) is 3.78. The Hall–Kier alpha value is -3.66. The lowest BCUT2D eigenvalue weighted by molar-refractivity contribution is -0.138. The molecule has 2 N–H and O–H groups in total. The van der Waals surface area contributed by atoms with E-state index in [2.05, 4.69) is 21.5 Å². The van der Waals surface area contributed by atoms with E-state index in [-0.39, 0.29) is 25.5 Å². The molecule has 0 unspecified atom stereocenters. The summed E-state index contributed by atoms with van der Waals surface area (Å²) in [5, 5.41) is 17.0. The highest BCUT2D eigenvalue weighted by atomic mass is 19.4. The first-order valence-corrected chi connectivity index (χ1v) is 10.6. The van der Waals surface area contributed by atoms with Crippen LogP contribution in [0.1, 0.15) is 24.5 Å². The van der Waals surface area contributed by atoms with Gasteiger partial charge in [-0.1, -0.05) is 0 Å². The zero-order chi connectivity index (χ0) is 24.7. The molecule has 1 amide bonds. The Morgan fingerprint density at radius 1 is 1.35 bits per heavy atom. The fourth-order valence-electron chi connectivity index (χ4n) is 3.58. The Morgan fingerprint density at radius 2 is 2.09 bits per heavy atom. The number of carbonyl (C=O) groups is 1. The Morgan fingerprint density at radius 3 is 2.76 bits per heavy atom. The number of rotatable bonds is 8. The predicted octanol–water partition coefficient (Wildman–Crippen LogP) is 1.61. The normalized spacial score (nSPS) is 15.0. The molecule has 0 radical (unpaired) electrons. The number of hydrogen-bond acceptors (Lipinski definition) is 8. The molecule has 1 saturated heterocycles. The summed E-state index contributed by atoms with van der Waals surface area (Å²) in [5.74, 6) is 0.506. The standard InChI is InChI=1S/C21H24F3N7O3/c1-14(28-16-12-27-29-20(33)18(16)21(22,23)24)13-34-10-4-17(32)30-6-8-31(9-7-30)19-15(11-25)3-2-5-26-19/h2-3,5,12,14H,4,6-10,13H2,1H3,(H2,28,29,33)/t14-/m0/s1. The van der Waals surface area contributed by atoms with Gasteiger partial charge < -0.3 is 19.9 Å². The van der Waals surface area contributed by atoms with Crippen molar-refractivity contribution in [1.82, 2.24) is 20.1 Å². The highest BCUT2D eigenvalue weighted by Gasteiger charge is 2.37. The van der Waals surface area contributed by atoms with Crippen molar-refractivity contribution >= 4 is 17.4 Å². The van der Waals surface area contributed by atoms with E-state index in [0.29, 0.717) is 37.6 Å². The number of hydrogen-bond donors (Lipinski definition) is 2. The van der Waals surface area contributed by atoms with Crippen LogP contribution in [0.25, 0.3) is 0 Å². The first-order chi connectivity index (χ1) is 16.2. The molecular formula is C21H24F3N7O3. The van der Waals surface area contributed by atoms with Gasteiger partial charge in [0.15, 0.2) is 0 Å². The van der Waals surface area contributed by atoms with Gasteiger partial charge in [0.05, 0.1) is 37.1 Å². The maximum Gasteiger partial charge on any atom is 0.423 e. The molecule has 0 aromatic carbocycles. The number of nitriles is 1. The number of carbonyl (C=O) groups excluding carboxylic acids is 1. The average molecular weight is 479 g/mol. The van der Waals surface area contributed by atoms with Gasteiger partial charge in [0.2, 0.25) is 5.91 Å². The van der Waals surface area contributed by atoms with E-state index >= 15 is 0 Å². The zero-order valence-corrected chi connectivity index (χ0v) is 18.4. The third-order valence-corrected chi connectivity index (χ3v) is 5.21. The molecule has 13 heteroatoms. The Balaban J connectivity index is 1.41. The lowest BCUT2D eigenvalue weighted by Crippen LogP contribution is -2.49. The van der Waals surface area contributed by atoms with Crippen molar-refractivity contribution in [3.8, 4) is 6.07 Å². The molecule has 182 valence electrons. The molecule has 1 fully saturated rings. The van der Waals surface area contributed by atoms with Crippen LogP contribution in [-0.4, -0.2) is 71.4 Å². The van der Waals surface area contributed by atoms with Gasteiger partial charge in [0.25, 0.3) is 5.56 Å². The van der Waals surface area contributed by atoms with Gasteiger partial charge in [0, 0.05) is 38.4 Å². The van der Waals surface area contributed by atoms with Gasteiger partial charge in [-0.2, -0.15) is 23.5 Å². The van der Waals surface area contributed by atoms with Crippen LogP contribution in [0, 0.1) is 11.3 Å². The predicted molar refractivity (Wildman–Crippen MR) is 116 cm³/mol. The number of piperazine rings is 1. The molecule has 0 spiro atoms. The minimum atomic E-state index is -4.83. The van der Waals surface area contributed by atoms with Gasteiger partial charge in [-0.25, -0.2) is 10.1 Å². The summed E-state index contributed by atoms with van der Waals surface area (Å²) >= 11 is 0. The molecule has 0 aliphatic carbocycles. The second kappa shape index (κ2) is 11.0. The number of pyridine rings is 1. The molecule has 1 aliphatic heterocycles. The number of alkyl halides is 3. The Bertz CT molecular complexity index is 1090. The highest BCUT2D eigenvalue weighted by Crippen LogP contribution is 2.31. The van der Waals surface area contributed by atoms with Gasteiger partial charge in [-0.3, -0.25) is 9.59 Å². The Labute approximate surface area is 193 Å². The van der Waals surface area contributed by atoms with Crippen LogP contribution >= 0.6 is 0 Å². The van der Waals surface area contributed by atoms with Crippen molar-refractivity contribution in [2.24, 2.45) is 0 Å². The maximum absolute atomic E-state index is 13.1. The van der Waals surface area contributed by atoms with E-state index in [9.17, 15) is 28.0 Å². The number of anilines is 2. The number of amides is 1. The van der Waals surface area contributed by atoms with Crippen molar-refractivity contribution in [1.29, 1.82) is 5.26 Å². The third kappa shape index (κ3) is 6.22. The van der Waals surface area contributed by atoms with E-state index in [4.69, 9.17) is 4.74 Å². The SMILES string of the molecule is C[C@@H](COCCC(=O)N1CCN(c2ncccc2C#N)CC1)Nc1cn[nH]c(=O)c1C(F)(F)F. The molecule has 2 aromatic heterocycles. The first kappa shape index (κ1) is 25.0. The van der Waals surface area contributed by atoms with Crippen molar-refractivity contribution in [3.63, 3.8) is 0 Å². The minimum absolute atomic E-state index is 0.0295. The maximum atomic E-state index is 13.1. The first-order valence-electron chi connectivity index (χ1n) is 10.6. The van der Waals surface area contributed by atoms with Crippen molar-refractivity contribution in [3.05, 3.63) is 46.0 Å². The zero-order valence-electron chi connectivity index (χ0n) is 18.4. The molecule has 3 heterocycles. The second-order valence-corrected chi connectivity index (χ2v) is 7.71. The molecule has 1 atom stereocenters. The quantitative estimate of drug-likeness (QED) is 0.547. The Kier molecular flexibility index (Phi) is 8.06. The fourth-order valence-corrected chi connectivity index (χ4v) is 3.58. The summed E-state index contributed by atoms with van der Waals surface area (Å²) < 4.78 is 44.8. The van der Waals surface area contributed by atoms with Crippen LogP contribution in [0.3, 0.4) is 0 Å². The van der Waals surface area contributed by atoms with E-state index in [1.165, 1.54) is 0 Å². The van der Waals surface area contributed by atoms with E-state index in [1.54, 1.807) is 35.3 Å². The van der Waals surface area contributed by atoms with Gasteiger partial charge in [-0.15, -0.1) is 0 Å². The minimum Gasteiger partial charge on any atom is -0.379 e. The summed E-state index contributed by atoms with van der Waals surface area (Å²) in [4.78, 5) is 31.9. The molecule has 1 aliphatic rings. The van der Waals surface area contributed by atoms with Crippen LogP contribution in [0.5, 0.6) is 0 Å². The number of aromatic nitrogens is 3. The third-order valence-electron chi connectivity index (χ3n) is 5.21. The van der Waals surface area contributed by atoms with Crippen molar-refractivity contribution in [2.45, 2.75) is 25.6 Å². The smallest absolute Gasteiger partial charge is 0.379 e. The van der Waals surface area contributed by atoms with E-state index in [1.807, 2.05) is 4.90 Å². The summed E-state index contributed by atoms with van der Waals surface area (Å²) in [5.41, 5.74) is -2.63. The average Bonchev–Trinajstić information content (AvgIpc) is 2.81. The van der Waals surface area contributed by atoms with Crippen LogP contribution in [0.2, 0.25) is 0 Å². The summed E-state index contributed by atoms with van der Waals surface area (Å²) in [6, 6.07) is 4.95.